The summed E-state index contributed by atoms with van der Waals surface area (Å²) in [7, 11) is 0. The van der Waals surface area contributed by atoms with E-state index in [9.17, 15) is 0 Å². The molecule has 0 saturated heterocycles. The molecule has 0 aliphatic carbocycles. The minimum atomic E-state index is 0.782. The normalized spacial score (nSPS) is 8.75. The summed E-state index contributed by atoms with van der Waals surface area (Å²) in [5, 5.41) is 0. The van der Waals surface area contributed by atoms with Crippen LogP contribution in [0, 0.1) is 0 Å². The summed E-state index contributed by atoms with van der Waals surface area (Å²) in [6.07, 6.45) is 0. The van der Waals surface area contributed by atoms with Crippen LogP contribution in [0.3, 0.4) is 0 Å². The first-order chi connectivity index (χ1) is 1.91. The molecular formula is C2H8OS. The highest BCUT2D eigenvalue weighted by molar-refractivity contribution is 7.75. The molecule has 0 aromatic heterocycles. The zero-order valence-electron chi connectivity index (χ0n) is 2.69. The molecule has 0 saturated carbocycles. The van der Waals surface area contributed by atoms with Crippen LogP contribution in [0.15, 0.2) is 0 Å². The Bertz CT molecular complexity index is 8.00. The van der Waals surface area contributed by atoms with E-state index in [1.54, 1.807) is 0 Å². The van der Waals surface area contributed by atoms with Crippen molar-refractivity contribution in [1.82, 2.24) is 0 Å². The highest BCUT2D eigenvalue weighted by atomic mass is 32.1. The van der Waals surface area contributed by atoms with E-state index < -0.39 is 0 Å². The maximum Gasteiger partial charge on any atom is 0.0555 e. The standard InChI is InChI=1S/C2H8OS/c1-2-3-4/h2H2,1,4H3. The Morgan fingerprint density at radius 3 is 2.25 bits per heavy atom. The predicted molar refractivity (Wildman–Crippen MR) is 23.4 cm³/mol. The first kappa shape index (κ1) is 4.31. The molecule has 28 valence electrons. The highest BCUT2D eigenvalue weighted by Crippen LogP contribution is 1.69. The molecule has 0 spiro atoms. The molecule has 0 radical (unpaired) electrons. The summed E-state index contributed by atoms with van der Waals surface area (Å²) in [4.78, 5) is 0. The van der Waals surface area contributed by atoms with Gasteiger partial charge in [0, 0.05) is 0 Å². The van der Waals surface area contributed by atoms with Crippen molar-refractivity contribution in [2.45, 2.75) is 6.92 Å². The summed E-state index contributed by atoms with van der Waals surface area (Å²) in [5.41, 5.74) is 0. The first-order valence-electron chi connectivity index (χ1n) is 1.23. The third kappa shape index (κ3) is 2.31. The van der Waals surface area contributed by atoms with Gasteiger partial charge in [0.05, 0.1) is 6.61 Å². The van der Waals surface area contributed by atoms with Crippen LogP contribution in [0.2, 0.25) is 0 Å². The third-order valence-corrected chi connectivity index (χ3v) is 0.500. The fourth-order valence-corrected chi connectivity index (χ4v) is 0. The second kappa shape index (κ2) is 3.31. The van der Waals surface area contributed by atoms with Gasteiger partial charge in [-0.05, 0) is 6.92 Å². The molecule has 2 heteroatoms. The molecule has 0 heterocycles. The molecule has 0 aliphatic heterocycles. The number of hydrogen-bond acceptors (Lipinski definition) is 1. The van der Waals surface area contributed by atoms with Crippen molar-refractivity contribution in [3.63, 3.8) is 0 Å². The Kier molecular flexibility index (Phi) is 3.57. The van der Waals surface area contributed by atoms with Crippen molar-refractivity contribution < 1.29 is 4.18 Å². The lowest BCUT2D eigenvalue weighted by Gasteiger charge is -1.77. The predicted octanol–water partition coefficient (Wildman–Crippen LogP) is 0.332. The largest absolute Gasteiger partial charge is 0.345 e. The van der Waals surface area contributed by atoms with Gasteiger partial charge in [0.1, 0.15) is 0 Å². The Labute approximate surface area is 31.6 Å². The zero-order valence-corrected chi connectivity index (χ0v) is 3.85. The van der Waals surface area contributed by atoms with Crippen molar-refractivity contribution in [1.29, 1.82) is 0 Å². The lowest BCUT2D eigenvalue weighted by Crippen LogP contribution is -1.64. The van der Waals surface area contributed by atoms with E-state index >= 15 is 0 Å². The van der Waals surface area contributed by atoms with Crippen molar-refractivity contribution in [3.05, 3.63) is 0 Å². The monoisotopic (exact) mass is 80.0 g/mol. The van der Waals surface area contributed by atoms with Crippen LogP contribution in [-0.4, -0.2) is 6.61 Å². The molecule has 0 atom stereocenters. The van der Waals surface area contributed by atoms with Crippen LogP contribution < -0.4 is 0 Å². The summed E-state index contributed by atoms with van der Waals surface area (Å²) in [6, 6.07) is 0. The Balaban J connectivity index is 1.97. The van der Waals surface area contributed by atoms with Crippen LogP contribution in [0.1, 0.15) is 6.92 Å². The molecule has 0 aromatic carbocycles. The lowest BCUT2D eigenvalue weighted by atomic mass is 10.9. The maximum absolute atomic E-state index is 4.46. The fraction of sp³-hybridized carbons (Fsp3) is 1.00. The molecule has 4 heavy (non-hydrogen) atoms. The van der Waals surface area contributed by atoms with E-state index in [2.05, 4.69) is 17.1 Å². The number of rotatable bonds is 1. The van der Waals surface area contributed by atoms with E-state index in [1.807, 2.05) is 6.92 Å². The SMILES string of the molecule is CCO[SH3]. The molecule has 0 unspecified atom stereocenters. The molecule has 0 aliphatic rings. The summed E-state index contributed by atoms with van der Waals surface area (Å²) in [5.74, 6) is 0. The van der Waals surface area contributed by atoms with Gasteiger partial charge in [0.2, 0.25) is 0 Å². The summed E-state index contributed by atoms with van der Waals surface area (Å²) >= 11 is 2.16. The molecule has 0 fully saturated rings. The van der Waals surface area contributed by atoms with Gasteiger partial charge in [-0.15, -0.1) is 0 Å². The van der Waals surface area contributed by atoms with E-state index in [0.29, 0.717) is 0 Å². The average Bonchev–Trinajstić information content (AvgIpc) is 1.37. The van der Waals surface area contributed by atoms with E-state index in [4.69, 9.17) is 0 Å². The second-order valence-corrected chi connectivity index (χ2v) is 0.789. The van der Waals surface area contributed by atoms with Crippen LogP contribution in [0.4, 0.5) is 0 Å². The Morgan fingerprint density at radius 2 is 2.25 bits per heavy atom. The average molecular weight is 80.2 g/mol. The number of hydrogen-bond donors (Lipinski definition) is 0. The van der Waals surface area contributed by atoms with Crippen molar-refractivity contribution in [2.24, 2.45) is 0 Å². The van der Waals surface area contributed by atoms with Crippen LogP contribution >= 0.6 is 12.9 Å². The topological polar surface area (TPSA) is 9.23 Å². The fourth-order valence-electron chi connectivity index (χ4n) is 0. The van der Waals surface area contributed by atoms with Gasteiger partial charge in [-0.1, -0.05) is 0 Å². The molecule has 0 rings (SSSR count). The van der Waals surface area contributed by atoms with E-state index in [1.165, 1.54) is 0 Å². The van der Waals surface area contributed by atoms with Gasteiger partial charge >= 0.3 is 0 Å². The molecule has 1 nitrogen and oxygen atoms in total. The lowest BCUT2D eigenvalue weighted by molar-refractivity contribution is 0.410. The Hall–Kier alpha value is 0.310. The minimum Gasteiger partial charge on any atom is -0.345 e. The molecule has 0 bridgehead atoms. The van der Waals surface area contributed by atoms with Crippen molar-refractivity contribution in [3.8, 4) is 0 Å². The molecule has 0 amide bonds. The van der Waals surface area contributed by atoms with Gasteiger partial charge in [0.25, 0.3) is 0 Å². The maximum atomic E-state index is 4.46. The highest BCUT2D eigenvalue weighted by Gasteiger charge is 1.50. The summed E-state index contributed by atoms with van der Waals surface area (Å²) < 4.78 is 4.46. The van der Waals surface area contributed by atoms with Crippen molar-refractivity contribution in [2.75, 3.05) is 6.61 Å². The minimum absolute atomic E-state index is 0.782. The summed E-state index contributed by atoms with van der Waals surface area (Å²) in [6.45, 7) is 2.72. The molecule has 0 N–H and O–H groups in total. The van der Waals surface area contributed by atoms with Gasteiger partial charge in [-0.25, -0.2) is 0 Å². The van der Waals surface area contributed by atoms with Gasteiger partial charge < -0.3 is 4.18 Å². The molecule has 0 aromatic rings. The van der Waals surface area contributed by atoms with Crippen LogP contribution in [0.25, 0.3) is 0 Å². The third-order valence-electron chi connectivity index (χ3n) is 0.167. The van der Waals surface area contributed by atoms with E-state index in [0.717, 1.165) is 6.61 Å². The Morgan fingerprint density at radius 1 is 2.00 bits per heavy atom. The van der Waals surface area contributed by atoms with Gasteiger partial charge in [-0.3, -0.25) is 0 Å². The second-order valence-electron chi connectivity index (χ2n) is 0.455. The zero-order chi connectivity index (χ0) is 3.41. The van der Waals surface area contributed by atoms with E-state index in [-0.39, 0.29) is 0 Å². The van der Waals surface area contributed by atoms with Gasteiger partial charge in [0.15, 0.2) is 0 Å². The van der Waals surface area contributed by atoms with Gasteiger partial charge in [-0.2, -0.15) is 12.9 Å². The van der Waals surface area contributed by atoms with Crippen molar-refractivity contribution >= 4 is 12.9 Å². The quantitative estimate of drug-likeness (QED) is 0.441. The first-order valence-corrected chi connectivity index (χ1v) is 1.70. The smallest absolute Gasteiger partial charge is 0.0555 e. The molecular weight excluding hydrogens is 72.1 g/mol. The van der Waals surface area contributed by atoms with Crippen LogP contribution in [0.5, 0.6) is 0 Å². The van der Waals surface area contributed by atoms with Crippen LogP contribution in [-0.2, 0) is 4.18 Å².